The first kappa shape index (κ1) is 17.0. The van der Waals surface area contributed by atoms with Gasteiger partial charge in [-0.3, -0.25) is 9.48 Å². The number of rotatable bonds is 7. The SMILES string of the molecule is CCCCCn1nc(C)c(/C=N\NC(=O)c2ccoc2C)c1C. The second-order valence-electron chi connectivity index (χ2n) is 5.60. The molecule has 1 amide bonds. The molecule has 0 atom stereocenters. The zero-order valence-electron chi connectivity index (χ0n) is 14.2. The predicted molar refractivity (Wildman–Crippen MR) is 89.7 cm³/mol. The maximum absolute atomic E-state index is 12.0. The third-order valence-corrected chi connectivity index (χ3v) is 3.87. The molecule has 23 heavy (non-hydrogen) atoms. The molecule has 0 unspecified atom stereocenters. The van der Waals surface area contributed by atoms with E-state index in [0.717, 1.165) is 29.9 Å². The van der Waals surface area contributed by atoms with E-state index in [1.807, 2.05) is 18.5 Å². The fourth-order valence-electron chi connectivity index (χ4n) is 2.46. The molecule has 0 bridgehead atoms. The molecule has 0 saturated carbocycles. The summed E-state index contributed by atoms with van der Waals surface area (Å²) in [6.07, 6.45) is 6.64. The average Bonchev–Trinajstić information content (AvgIpc) is 3.05. The number of aromatic nitrogens is 2. The van der Waals surface area contributed by atoms with Crippen molar-refractivity contribution in [2.24, 2.45) is 5.10 Å². The fourth-order valence-corrected chi connectivity index (χ4v) is 2.46. The van der Waals surface area contributed by atoms with Gasteiger partial charge in [-0.15, -0.1) is 0 Å². The number of furan rings is 1. The van der Waals surface area contributed by atoms with E-state index in [0.29, 0.717) is 11.3 Å². The Morgan fingerprint density at radius 3 is 2.83 bits per heavy atom. The van der Waals surface area contributed by atoms with Gasteiger partial charge in [0.1, 0.15) is 5.76 Å². The quantitative estimate of drug-likeness (QED) is 0.483. The molecule has 0 radical (unpaired) electrons. The summed E-state index contributed by atoms with van der Waals surface area (Å²) in [4.78, 5) is 12.0. The van der Waals surface area contributed by atoms with E-state index in [2.05, 4.69) is 22.5 Å². The van der Waals surface area contributed by atoms with E-state index in [1.54, 1.807) is 19.2 Å². The number of unbranched alkanes of at least 4 members (excludes halogenated alkanes) is 2. The van der Waals surface area contributed by atoms with Gasteiger partial charge in [0, 0.05) is 17.8 Å². The molecule has 124 valence electrons. The highest BCUT2D eigenvalue weighted by Crippen LogP contribution is 2.12. The second kappa shape index (κ2) is 7.76. The van der Waals surface area contributed by atoms with E-state index in [-0.39, 0.29) is 5.91 Å². The molecule has 1 N–H and O–H groups in total. The molecule has 0 aliphatic heterocycles. The lowest BCUT2D eigenvalue weighted by Gasteiger charge is -2.03. The van der Waals surface area contributed by atoms with Crippen LogP contribution in [0.5, 0.6) is 0 Å². The highest BCUT2D eigenvalue weighted by atomic mass is 16.3. The molecule has 6 nitrogen and oxygen atoms in total. The summed E-state index contributed by atoms with van der Waals surface area (Å²) in [6.45, 7) is 8.81. The molecule has 6 heteroatoms. The number of nitrogens with one attached hydrogen (secondary N) is 1. The smallest absolute Gasteiger partial charge is 0.274 e. The Kier molecular flexibility index (Phi) is 5.73. The van der Waals surface area contributed by atoms with Crippen LogP contribution in [-0.4, -0.2) is 21.9 Å². The molecule has 0 saturated heterocycles. The summed E-state index contributed by atoms with van der Waals surface area (Å²) in [5, 5.41) is 8.59. The van der Waals surface area contributed by atoms with E-state index in [1.165, 1.54) is 19.1 Å². The fraction of sp³-hybridized carbons (Fsp3) is 0.471. The van der Waals surface area contributed by atoms with Gasteiger partial charge in [-0.25, -0.2) is 5.43 Å². The largest absolute Gasteiger partial charge is 0.469 e. The van der Waals surface area contributed by atoms with Crippen LogP contribution in [0.4, 0.5) is 0 Å². The summed E-state index contributed by atoms with van der Waals surface area (Å²) >= 11 is 0. The normalized spacial score (nSPS) is 11.3. The zero-order valence-corrected chi connectivity index (χ0v) is 14.2. The van der Waals surface area contributed by atoms with Crippen molar-refractivity contribution in [1.82, 2.24) is 15.2 Å². The molecular formula is C17H24N4O2. The Labute approximate surface area is 136 Å². The third-order valence-electron chi connectivity index (χ3n) is 3.87. The van der Waals surface area contributed by atoms with Crippen LogP contribution >= 0.6 is 0 Å². The van der Waals surface area contributed by atoms with E-state index in [9.17, 15) is 4.79 Å². The van der Waals surface area contributed by atoms with Gasteiger partial charge >= 0.3 is 0 Å². The minimum Gasteiger partial charge on any atom is -0.469 e. The topological polar surface area (TPSA) is 72.4 Å². The Morgan fingerprint density at radius 2 is 2.17 bits per heavy atom. The Morgan fingerprint density at radius 1 is 1.39 bits per heavy atom. The number of nitrogens with zero attached hydrogens (tertiary/aromatic N) is 3. The number of carbonyl (C=O) groups is 1. The molecule has 0 aliphatic rings. The molecular weight excluding hydrogens is 292 g/mol. The van der Waals surface area contributed by atoms with Crippen molar-refractivity contribution in [2.45, 2.75) is 53.5 Å². The predicted octanol–water partition coefficient (Wildman–Crippen LogP) is 3.36. The van der Waals surface area contributed by atoms with Crippen LogP contribution in [0.2, 0.25) is 0 Å². The number of hydrogen-bond donors (Lipinski definition) is 1. The van der Waals surface area contributed by atoms with Crippen LogP contribution in [0, 0.1) is 20.8 Å². The standard InChI is InChI=1S/C17H24N4O2/c1-5-6-7-9-21-13(3)16(12(2)20-21)11-18-19-17(22)15-8-10-23-14(15)4/h8,10-11H,5-7,9H2,1-4H3,(H,19,22)/b18-11-. The lowest BCUT2D eigenvalue weighted by molar-refractivity contribution is 0.0953. The maximum Gasteiger partial charge on any atom is 0.274 e. The third kappa shape index (κ3) is 4.09. The summed E-state index contributed by atoms with van der Waals surface area (Å²) in [7, 11) is 0. The van der Waals surface area contributed by atoms with Gasteiger partial charge in [0.25, 0.3) is 5.91 Å². The van der Waals surface area contributed by atoms with Crippen molar-refractivity contribution < 1.29 is 9.21 Å². The number of carbonyl (C=O) groups excluding carboxylic acids is 1. The van der Waals surface area contributed by atoms with Gasteiger partial charge in [-0.05, 0) is 33.3 Å². The van der Waals surface area contributed by atoms with Crippen LogP contribution in [0.15, 0.2) is 21.8 Å². The van der Waals surface area contributed by atoms with Crippen molar-refractivity contribution >= 4 is 12.1 Å². The van der Waals surface area contributed by atoms with E-state index in [4.69, 9.17) is 4.42 Å². The Hall–Kier alpha value is -2.37. The van der Waals surface area contributed by atoms with Crippen molar-refractivity contribution in [3.05, 3.63) is 40.6 Å². The first-order valence-corrected chi connectivity index (χ1v) is 7.96. The molecule has 2 aromatic heterocycles. The first-order valence-electron chi connectivity index (χ1n) is 7.96. The van der Waals surface area contributed by atoms with Gasteiger partial charge in [0.15, 0.2) is 0 Å². The average molecular weight is 316 g/mol. The summed E-state index contributed by atoms with van der Waals surface area (Å²) < 4.78 is 7.12. The van der Waals surface area contributed by atoms with Crippen LogP contribution in [-0.2, 0) is 6.54 Å². The summed E-state index contributed by atoms with van der Waals surface area (Å²) in [5.74, 6) is 0.298. The number of amides is 1. The molecule has 0 aliphatic carbocycles. The zero-order chi connectivity index (χ0) is 16.8. The minimum absolute atomic E-state index is 0.279. The van der Waals surface area contributed by atoms with E-state index < -0.39 is 0 Å². The highest BCUT2D eigenvalue weighted by molar-refractivity contribution is 5.95. The van der Waals surface area contributed by atoms with Gasteiger partial charge in [0.2, 0.25) is 0 Å². The van der Waals surface area contributed by atoms with Crippen LogP contribution in [0.3, 0.4) is 0 Å². The molecule has 2 heterocycles. The number of hydrazone groups is 1. The van der Waals surface area contributed by atoms with Crippen LogP contribution in [0.25, 0.3) is 0 Å². The second-order valence-corrected chi connectivity index (χ2v) is 5.60. The monoisotopic (exact) mass is 316 g/mol. The van der Waals surface area contributed by atoms with Crippen molar-refractivity contribution in [3.8, 4) is 0 Å². The molecule has 2 rings (SSSR count). The first-order chi connectivity index (χ1) is 11.0. The Bertz CT molecular complexity index is 698. The number of aryl methyl sites for hydroxylation is 3. The van der Waals surface area contributed by atoms with Gasteiger partial charge < -0.3 is 4.42 Å². The summed E-state index contributed by atoms with van der Waals surface area (Å²) in [6, 6.07) is 1.63. The Balaban J connectivity index is 2.02. The molecule has 0 aromatic carbocycles. The van der Waals surface area contributed by atoms with E-state index >= 15 is 0 Å². The molecule has 0 fully saturated rings. The maximum atomic E-state index is 12.0. The van der Waals surface area contributed by atoms with Gasteiger partial charge in [0.05, 0.1) is 23.7 Å². The van der Waals surface area contributed by atoms with Gasteiger partial charge in [-0.2, -0.15) is 10.2 Å². The lowest BCUT2D eigenvalue weighted by atomic mass is 10.2. The van der Waals surface area contributed by atoms with Crippen molar-refractivity contribution in [3.63, 3.8) is 0 Å². The minimum atomic E-state index is -0.279. The van der Waals surface area contributed by atoms with Crippen LogP contribution < -0.4 is 5.43 Å². The van der Waals surface area contributed by atoms with Crippen molar-refractivity contribution in [1.29, 1.82) is 0 Å². The summed E-state index contributed by atoms with van der Waals surface area (Å²) in [5.41, 5.74) is 5.94. The van der Waals surface area contributed by atoms with Crippen LogP contribution in [0.1, 0.15) is 59.3 Å². The van der Waals surface area contributed by atoms with Gasteiger partial charge in [-0.1, -0.05) is 19.8 Å². The molecule has 0 spiro atoms. The lowest BCUT2D eigenvalue weighted by Crippen LogP contribution is -2.17. The number of hydrogen-bond acceptors (Lipinski definition) is 4. The van der Waals surface area contributed by atoms with Crippen molar-refractivity contribution in [2.75, 3.05) is 0 Å². The highest BCUT2D eigenvalue weighted by Gasteiger charge is 2.11. The molecule has 2 aromatic rings.